The van der Waals surface area contributed by atoms with E-state index in [1.165, 1.54) is 11.0 Å². The highest BCUT2D eigenvalue weighted by Crippen LogP contribution is 2.24. The molecule has 1 amide bonds. The molecule has 10 heteroatoms. The highest BCUT2D eigenvalue weighted by atomic mass is 19.1. The minimum absolute atomic E-state index is 0.0996. The van der Waals surface area contributed by atoms with Gasteiger partial charge in [0.2, 0.25) is 5.52 Å². The van der Waals surface area contributed by atoms with Crippen molar-refractivity contribution >= 4 is 28.4 Å². The first kappa shape index (κ1) is 16.0. The molecule has 0 unspecified atom stereocenters. The molecule has 24 heavy (non-hydrogen) atoms. The normalized spacial score (nSPS) is 15.8. The van der Waals surface area contributed by atoms with Gasteiger partial charge in [0.05, 0.1) is 45.0 Å². The number of amides is 1. The van der Waals surface area contributed by atoms with Crippen molar-refractivity contribution in [2.24, 2.45) is 5.73 Å². The monoisotopic (exact) mass is 337 g/mol. The second-order valence-electron chi connectivity index (χ2n) is 5.92. The van der Waals surface area contributed by atoms with Gasteiger partial charge in [0.15, 0.2) is 5.82 Å². The zero-order valence-corrected chi connectivity index (χ0v) is 13.1. The van der Waals surface area contributed by atoms with Gasteiger partial charge in [-0.2, -0.15) is 0 Å². The predicted molar refractivity (Wildman–Crippen MR) is 83.6 cm³/mol. The fourth-order valence-corrected chi connectivity index (χ4v) is 2.91. The zero-order chi connectivity index (χ0) is 17.6. The SMILES string of the molecule is C[NH+]1CCN(c2cc3c(cc2F)[n+]([O-])c(C(N)=O)c(N)[n+]3[O-])CC1. The Morgan fingerprint density at radius 3 is 2.42 bits per heavy atom. The first-order chi connectivity index (χ1) is 11.3. The van der Waals surface area contributed by atoms with Crippen molar-refractivity contribution in [2.45, 2.75) is 0 Å². The number of carbonyl (C=O) groups excluding carboxylic acids is 1. The van der Waals surface area contributed by atoms with Gasteiger partial charge in [-0.1, -0.05) is 0 Å². The second kappa shape index (κ2) is 5.64. The Bertz CT molecular complexity index is 835. The van der Waals surface area contributed by atoms with Crippen LogP contribution in [0.1, 0.15) is 10.5 Å². The topological polar surface area (TPSA) is 131 Å². The lowest BCUT2D eigenvalue weighted by Gasteiger charge is -2.31. The predicted octanol–water partition coefficient (Wildman–Crippen LogP) is -2.74. The molecular formula is C14H18FN6O3+. The average molecular weight is 337 g/mol. The molecule has 1 aliphatic rings. The number of hydrogen-bond donors (Lipinski definition) is 3. The molecule has 1 aliphatic heterocycles. The number of nitrogen functional groups attached to an aromatic ring is 1. The number of carbonyl (C=O) groups is 1. The van der Waals surface area contributed by atoms with Crippen LogP contribution in [-0.2, 0) is 0 Å². The molecule has 0 aliphatic carbocycles. The minimum atomic E-state index is -1.15. The van der Waals surface area contributed by atoms with E-state index in [-0.39, 0.29) is 26.2 Å². The number of rotatable bonds is 2. The molecule has 0 saturated carbocycles. The number of nitrogens with two attached hydrogens (primary N) is 2. The maximum absolute atomic E-state index is 14.5. The molecule has 0 bridgehead atoms. The van der Waals surface area contributed by atoms with Crippen LogP contribution in [0.25, 0.3) is 11.0 Å². The number of nitrogens with one attached hydrogen (secondary N) is 1. The molecule has 128 valence electrons. The molecule has 1 aromatic heterocycles. The number of likely N-dealkylation sites (N-methyl/N-ethyl adjacent to an activating group) is 1. The number of hydrogen-bond acceptors (Lipinski definition) is 5. The Morgan fingerprint density at radius 2 is 1.83 bits per heavy atom. The van der Waals surface area contributed by atoms with Crippen LogP contribution in [0.5, 0.6) is 0 Å². The van der Waals surface area contributed by atoms with E-state index in [0.717, 1.165) is 19.2 Å². The Labute approximate surface area is 136 Å². The van der Waals surface area contributed by atoms with Crippen LogP contribution in [0, 0.1) is 16.2 Å². The highest BCUT2D eigenvalue weighted by Gasteiger charge is 2.30. The van der Waals surface area contributed by atoms with Crippen LogP contribution in [0.15, 0.2) is 12.1 Å². The van der Waals surface area contributed by atoms with E-state index in [4.69, 9.17) is 11.5 Å². The fourth-order valence-electron chi connectivity index (χ4n) is 2.91. The maximum Gasteiger partial charge on any atom is 0.372 e. The van der Waals surface area contributed by atoms with Crippen molar-refractivity contribution in [3.63, 3.8) is 0 Å². The molecule has 2 heterocycles. The van der Waals surface area contributed by atoms with Gasteiger partial charge in [-0.25, -0.2) is 9.12 Å². The van der Waals surface area contributed by atoms with Crippen molar-refractivity contribution in [3.8, 4) is 0 Å². The third-order valence-corrected chi connectivity index (χ3v) is 4.34. The summed E-state index contributed by atoms with van der Waals surface area (Å²) in [5, 5.41) is 24.5. The fraction of sp³-hybridized carbons (Fsp3) is 0.357. The van der Waals surface area contributed by atoms with Crippen LogP contribution in [-0.4, -0.2) is 39.1 Å². The third kappa shape index (κ3) is 2.40. The van der Waals surface area contributed by atoms with Gasteiger partial charge in [0.1, 0.15) is 0 Å². The van der Waals surface area contributed by atoms with Gasteiger partial charge in [-0.05, 0) is 0 Å². The summed E-state index contributed by atoms with van der Waals surface area (Å²) in [7, 11) is 2.05. The van der Waals surface area contributed by atoms with E-state index in [1.807, 2.05) is 11.9 Å². The lowest BCUT2D eigenvalue weighted by molar-refractivity contribution is -0.880. The van der Waals surface area contributed by atoms with Crippen molar-refractivity contribution in [3.05, 3.63) is 34.1 Å². The number of halogens is 1. The summed E-state index contributed by atoms with van der Waals surface area (Å²) in [6, 6.07) is 2.22. The standard InChI is InChI=1S/C14H17FN6O3/c1-18-2-4-19(5-3-18)9-7-11-10(6-8(9)15)20(23)12(14(17)22)13(16)21(11)24/h6-7H,2-5,16H2,1H3,(H2,17,22)/p+1. The molecular weight excluding hydrogens is 319 g/mol. The van der Waals surface area contributed by atoms with Crippen LogP contribution in [0.4, 0.5) is 15.9 Å². The lowest BCUT2D eigenvalue weighted by Crippen LogP contribution is -3.12. The number of anilines is 2. The Hall–Kier alpha value is -2.88. The van der Waals surface area contributed by atoms with Crippen molar-refractivity contribution in [1.29, 1.82) is 0 Å². The first-order valence-corrected chi connectivity index (χ1v) is 7.45. The summed E-state index contributed by atoms with van der Waals surface area (Å²) in [6.07, 6.45) is 0. The van der Waals surface area contributed by atoms with Crippen molar-refractivity contribution in [2.75, 3.05) is 43.9 Å². The van der Waals surface area contributed by atoms with Crippen molar-refractivity contribution in [1.82, 2.24) is 0 Å². The van der Waals surface area contributed by atoms with E-state index in [2.05, 4.69) is 0 Å². The summed E-state index contributed by atoms with van der Waals surface area (Å²) in [4.78, 5) is 14.5. The maximum atomic E-state index is 14.5. The number of piperazine rings is 1. The summed E-state index contributed by atoms with van der Waals surface area (Å²) in [5.41, 5.74) is 9.74. The Balaban J connectivity index is 2.19. The van der Waals surface area contributed by atoms with Gasteiger partial charge >= 0.3 is 17.4 Å². The Morgan fingerprint density at radius 1 is 1.25 bits per heavy atom. The number of benzene rings is 1. The number of fused-ring (bicyclic) bond motifs is 1. The van der Waals surface area contributed by atoms with E-state index in [0.29, 0.717) is 13.1 Å². The van der Waals surface area contributed by atoms with E-state index >= 15 is 0 Å². The molecule has 0 radical (unpaired) electrons. The number of nitrogens with zero attached hydrogens (tertiary/aromatic N) is 3. The number of primary amides is 1. The summed E-state index contributed by atoms with van der Waals surface area (Å²) in [5.74, 6) is -2.40. The number of aromatic nitrogens is 2. The summed E-state index contributed by atoms with van der Waals surface area (Å²) < 4.78 is 14.8. The van der Waals surface area contributed by atoms with Gasteiger partial charge in [-0.3, -0.25) is 10.5 Å². The molecule has 0 atom stereocenters. The summed E-state index contributed by atoms with van der Waals surface area (Å²) in [6.45, 7) is 2.91. The van der Waals surface area contributed by atoms with Crippen LogP contribution in [0.3, 0.4) is 0 Å². The van der Waals surface area contributed by atoms with Gasteiger partial charge < -0.3 is 25.9 Å². The molecule has 9 nitrogen and oxygen atoms in total. The smallest absolute Gasteiger partial charge is 0.372 e. The van der Waals surface area contributed by atoms with Crippen molar-refractivity contribution < 1.29 is 23.5 Å². The molecule has 1 fully saturated rings. The minimum Gasteiger partial charge on any atom is -0.710 e. The molecule has 5 N–H and O–H groups in total. The van der Waals surface area contributed by atoms with Gasteiger partial charge in [-0.15, -0.1) is 4.73 Å². The molecule has 0 spiro atoms. The second-order valence-corrected chi connectivity index (χ2v) is 5.92. The van der Waals surface area contributed by atoms with Gasteiger partial charge in [0, 0.05) is 6.07 Å². The Kier molecular flexibility index (Phi) is 3.76. The molecule has 2 aromatic rings. The van der Waals surface area contributed by atoms with Gasteiger partial charge in [0.25, 0.3) is 5.52 Å². The first-order valence-electron chi connectivity index (χ1n) is 7.45. The van der Waals surface area contributed by atoms with Crippen LogP contribution in [0.2, 0.25) is 0 Å². The van der Waals surface area contributed by atoms with E-state index in [9.17, 15) is 19.6 Å². The molecule has 1 saturated heterocycles. The van der Waals surface area contributed by atoms with Crippen LogP contribution < -0.4 is 30.7 Å². The van der Waals surface area contributed by atoms with E-state index in [1.54, 1.807) is 0 Å². The molecule has 1 aromatic carbocycles. The van der Waals surface area contributed by atoms with Crippen LogP contribution >= 0.6 is 0 Å². The third-order valence-electron chi connectivity index (χ3n) is 4.34. The summed E-state index contributed by atoms with van der Waals surface area (Å²) >= 11 is 0. The lowest BCUT2D eigenvalue weighted by atomic mass is 10.2. The van der Waals surface area contributed by atoms with E-state index < -0.39 is 23.2 Å². The average Bonchev–Trinajstić information content (AvgIpc) is 2.53. The quantitative estimate of drug-likeness (QED) is 0.404. The highest BCUT2D eigenvalue weighted by molar-refractivity contribution is 5.94. The number of quaternary nitrogens is 1. The molecule has 3 rings (SSSR count). The largest absolute Gasteiger partial charge is 0.710 e. The zero-order valence-electron chi connectivity index (χ0n) is 13.1.